The highest BCUT2D eigenvalue weighted by Crippen LogP contribution is 2.19. The van der Waals surface area contributed by atoms with E-state index in [4.69, 9.17) is 0 Å². The van der Waals surface area contributed by atoms with E-state index >= 15 is 0 Å². The molecule has 1 amide bonds. The Morgan fingerprint density at radius 2 is 2.00 bits per heavy atom. The van der Waals surface area contributed by atoms with Crippen molar-refractivity contribution in [3.8, 4) is 0 Å². The fraction of sp³-hybridized carbons (Fsp3) is 0.533. The molecule has 0 radical (unpaired) electrons. The molecule has 3 heterocycles. The van der Waals surface area contributed by atoms with Gasteiger partial charge in [0.2, 0.25) is 0 Å². The number of fused-ring (bicyclic) bond motifs is 1. The molecule has 0 saturated carbocycles. The number of nitrogens with one attached hydrogen (secondary N) is 1. The Hall–Kier alpha value is -2.11. The Balaban J connectivity index is 1.95. The minimum atomic E-state index is -0.280. The lowest BCUT2D eigenvalue weighted by Gasteiger charge is -2.20. The molecule has 1 saturated heterocycles. The minimum Gasteiger partial charge on any atom is -0.357 e. The molecule has 3 rings (SSSR count). The first-order valence-corrected chi connectivity index (χ1v) is 7.36. The van der Waals surface area contributed by atoms with Gasteiger partial charge in [0.15, 0.2) is 5.65 Å². The van der Waals surface area contributed by atoms with Crippen LogP contribution in [-0.2, 0) is 0 Å². The van der Waals surface area contributed by atoms with Gasteiger partial charge in [-0.2, -0.15) is 5.10 Å². The molecule has 1 aliphatic heterocycles. The number of hydrogen-bond acceptors (Lipinski definition) is 4. The molecule has 0 unspecified atom stereocenters. The van der Waals surface area contributed by atoms with Gasteiger partial charge >= 0.3 is 0 Å². The van der Waals surface area contributed by atoms with Crippen LogP contribution in [0.15, 0.2) is 18.5 Å². The quantitative estimate of drug-likeness (QED) is 0.915. The summed E-state index contributed by atoms with van der Waals surface area (Å²) in [6.07, 6.45) is 5.84. The largest absolute Gasteiger partial charge is 0.357 e. The monoisotopic (exact) mass is 287 g/mol. The van der Waals surface area contributed by atoms with Crippen molar-refractivity contribution in [1.29, 1.82) is 0 Å². The molecular formula is C15H21N5O. The van der Waals surface area contributed by atoms with Gasteiger partial charge in [0, 0.05) is 24.8 Å². The van der Waals surface area contributed by atoms with E-state index in [1.165, 1.54) is 12.8 Å². The SMILES string of the molecule is CC(C)(C)NC(=O)c1cnn2ccc(N3CCCC3)nc12. The molecular weight excluding hydrogens is 266 g/mol. The van der Waals surface area contributed by atoms with Crippen LogP contribution in [0.3, 0.4) is 0 Å². The van der Waals surface area contributed by atoms with Crippen LogP contribution < -0.4 is 10.2 Å². The molecule has 2 aromatic rings. The van der Waals surface area contributed by atoms with Crippen molar-refractivity contribution in [2.45, 2.75) is 39.2 Å². The van der Waals surface area contributed by atoms with E-state index in [9.17, 15) is 4.79 Å². The van der Waals surface area contributed by atoms with Gasteiger partial charge < -0.3 is 10.2 Å². The van der Waals surface area contributed by atoms with Crippen LogP contribution in [-0.4, -0.2) is 39.1 Å². The van der Waals surface area contributed by atoms with Crippen molar-refractivity contribution in [3.05, 3.63) is 24.0 Å². The molecule has 0 bridgehead atoms. The first kappa shape index (κ1) is 13.9. The molecule has 1 N–H and O–H groups in total. The Bertz CT molecular complexity index is 664. The summed E-state index contributed by atoms with van der Waals surface area (Å²) >= 11 is 0. The van der Waals surface area contributed by atoms with Crippen molar-refractivity contribution in [2.24, 2.45) is 0 Å². The summed E-state index contributed by atoms with van der Waals surface area (Å²) in [5, 5.41) is 7.17. The Morgan fingerprint density at radius 3 is 2.67 bits per heavy atom. The average Bonchev–Trinajstić information content (AvgIpc) is 3.05. The highest BCUT2D eigenvalue weighted by Gasteiger charge is 2.21. The predicted molar refractivity (Wildman–Crippen MR) is 81.7 cm³/mol. The van der Waals surface area contributed by atoms with Crippen molar-refractivity contribution < 1.29 is 4.79 Å². The van der Waals surface area contributed by atoms with Gasteiger partial charge in [-0.15, -0.1) is 0 Å². The molecule has 1 fully saturated rings. The summed E-state index contributed by atoms with van der Waals surface area (Å²) in [6, 6.07) is 1.96. The Kier molecular flexibility index (Phi) is 3.31. The van der Waals surface area contributed by atoms with Gasteiger partial charge in [-0.3, -0.25) is 4.79 Å². The van der Waals surface area contributed by atoms with Gasteiger partial charge in [-0.05, 0) is 39.7 Å². The number of carbonyl (C=O) groups excluding carboxylic acids is 1. The van der Waals surface area contributed by atoms with Crippen LogP contribution >= 0.6 is 0 Å². The van der Waals surface area contributed by atoms with E-state index in [0.29, 0.717) is 11.2 Å². The van der Waals surface area contributed by atoms with Crippen LogP contribution in [0.5, 0.6) is 0 Å². The second kappa shape index (κ2) is 5.02. The highest BCUT2D eigenvalue weighted by molar-refractivity contribution is 6.00. The zero-order chi connectivity index (χ0) is 15.0. The van der Waals surface area contributed by atoms with Crippen molar-refractivity contribution in [2.75, 3.05) is 18.0 Å². The number of anilines is 1. The predicted octanol–water partition coefficient (Wildman–Crippen LogP) is 1.86. The summed E-state index contributed by atoms with van der Waals surface area (Å²) in [4.78, 5) is 19.2. The number of hydrogen-bond donors (Lipinski definition) is 1. The van der Waals surface area contributed by atoms with Crippen molar-refractivity contribution >= 4 is 17.4 Å². The maximum Gasteiger partial charge on any atom is 0.257 e. The van der Waals surface area contributed by atoms with Crippen LogP contribution in [0.4, 0.5) is 5.82 Å². The van der Waals surface area contributed by atoms with Crippen LogP contribution in [0.25, 0.3) is 5.65 Å². The molecule has 21 heavy (non-hydrogen) atoms. The van der Waals surface area contributed by atoms with Gasteiger partial charge in [0.1, 0.15) is 11.4 Å². The van der Waals surface area contributed by atoms with Crippen molar-refractivity contribution in [1.82, 2.24) is 19.9 Å². The third-order valence-electron chi connectivity index (χ3n) is 3.52. The fourth-order valence-electron chi connectivity index (χ4n) is 2.55. The van der Waals surface area contributed by atoms with Gasteiger partial charge in [-0.25, -0.2) is 9.50 Å². The summed E-state index contributed by atoms with van der Waals surface area (Å²) in [5.41, 5.74) is 0.852. The normalized spacial score (nSPS) is 15.7. The maximum atomic E-state index is 12.3. The second-order valence-electron chi connectivity index (χ2n) is 6.51. The highest BCUT2D eigenvalue weighted by atomic mass is 16.1. The van der Waals surface area contributed by atoms with E-state index in [2.05, 4.69) is 20.3 Å². The molecule has 2 aromatic heterocycles. The molecule has 0 spiro atoms. The van der Waals surface area contributed by atoms with Crippen molar-refractivity contribution in [3.63, 3.8) is 0 Å². The number of rotatable bonds is 2. The van der Waals surface area contributed by atoms with E-state index < -0.39 is 0 Å². The standard InChI is InChI=1S/C15H21N5O/c1-15(2,3)18-14(21)11-10-16-20-9-6-12(17-13(11)20)19-7-4-5-8-19/h6,9-10H,4-5,7-8H2,1-3H3,(H,18,21). The first-order chi connectivity index (χ1) is 9.94. The number of carbonyl (C=O) groups is 1. The Morgan fingerprint density at radius 1 is 1.29 bits per heavy atom. The summed E-state index contributed by atoms with van der Waals surface area (Å²) in [6.45, 7) is 7.93. The topological polar surface area (TPSA) is 62.5 Å². The fourth-order valence-corrected chi connectivity index (χ4v) is 2.55. The number of aromatic nitrogens is 3. The maximum absolute atomic E-state index is 12.3. The van der Waals surface area contributed by atoms with E-state index in [1.54, 1.807) is 10.7 Å². The smallest absolute Gasteiger partial charge is 0.257 e. The van der Waals surface area contributed by atoms with Crippen LogP contribution in [0.1, 0.15) is 44.0 Å². The lowest BCUT2D eigenvalue weighted by Crippen LogP contribution is -2.40. The summed E-state index contributed by atoms with van der Waals surface area (Å²) in [5.74, 6) is 0.786. The number of amides is 1. The van der Waals surface area contributed by atoms with E-state index in [0.717, 1.165) is 18.9 Å². The minimum absolute atomic E-state index is 0.136. The third-order valence-corrected chi connectivity index (χ3v) is 3.52. The summed E-state index contributed by atoms with van der Waals surface area (Å²) in [7, 11) is 0. The van der Waals surface area contributed by atoms with Gasteiger partial charge in [0.25, 0.3) is 5.91 Å². The molecule has 6 heteroatoms. The van der Waals surface area contributed by atoms with E-state index in [1.807, 2.05) is 33.0 Å². The lowest BCUT2D eigenvalue weighted by molar-refractivity contribution is 0.0921. The van der Waals surface area contributed by atoms with Crippen LogP contribution in [0.2, 0.25) is 0 Å². The lowest BCUT2D eigenvalue weighted by atomic mass is 10.1. The Labute approximate surface area is 124 Å². The summed E-state index contributed by atoms with van der Waals surface area (Å²) < 4.78 is 1.65. The van der Waals surface area contributed by atoms with Gasteiger partial charge in [0.05, 0.1) is 6.20 Å². The average molecular weight is 287 g/mol. The zero-order valence-corrected chi connectivity index (χ0v) is 12.8. The van der Waals surface area contributed by atoms with Crippen LogP contribution in [0, 0.1) is 0 Å². The van der Waals surface area contributed by atoms with E-state index in [-0.39, 0.29) is 11.4 Å². The third kappa shape index (κ3) is 2.84. The molecule has 112 valence electrons. The van der Waals surface area contributed by atoms with Gasteiger partial charge in [-0.1, -0.05) is 0 Å². The molecule has 0 aromatic carbocycles. The molecule has 0 aliphatic carbocycles. The molecule has 6 nitrogen and oxygen atoms in total. The first-order valence-electron chi connectivity index (χ1n) is 7.36. The zero-order valence-electron chi connectivity index (χ0n) is 12.8. The molecule has 1 aliphatic rings. The number of nitrogens with zero attached hydrogens (tertiary/aromatic N) is 4. The molecule has 0 atom stereocenters. The second-order valence-corrected chi connectivity index (χ2v) is 6.51.